The van der Waals surface area contributed by atoms with E-state index in [0.29, 0.717) is 12.6 Å². The van der Waals surface area contributed by atoms with Gasteiger partial charge in [-0.3, -0.25) is 4.79 Å². The molecule has 0 aliphatic heterocycles. The van der Waals surface area contributed by atoms with Crippen molar-refractivity contribution < 1.29 is 4.79 Å². The van der Waals surface area contributed by atoms with Gasteiger partial charge in [-0.1, -0.05) is 19.9 Å². The predicted molar refractivity (Wildman–Crippen MR) is 73.2 cm³/mol. The van der Waals surface area contributed by atoms with Crippen molar-refractivity contribution >= 4 is 17.2 Å². The van der Waals surface area contributed by atoms with Gasteiger partial charge in [0.05, 0.1) is 6.54 Å². The zero-order valence-electron chi connectivity index (χ0n) is 10.8. The molecule has 0 fully saturated rings. The van der Waals surface area contributed by atoms with Gasteiger partial charge in [0.2, 0.25) is 5.91 Å². The smallest absolute Gasteiger partial charge is 0.234 e. The van der Waals surface area contributed by atoms with E-state index in [4.69, 9.17) is 0 Å². The molecule has 0 bridgehead atoms. The Bertz CT molecular complexity index is 320. The van der Waals surface area contributed by atoms with Crippen molar-refractivity contribution in [2.24, 2.45) is 0 Å². The van der Waals surface area contributed by atoms with Gasteiger partial charge in [0.25, 0.3) is 0 Å². The Hall–Kier alpha value is -0.870. The maximum absolute atomic E-state index is 11.7. The molecule has 0 aliphatic carbocycles. The van der Waals surface area contributed by atoms with E-state index in [1.807, 2.05) is 6.07 Å². The summed E-state index contributed by atoms with van der Waals surface area (Å²) in [7, 11) is 0. The molecule has 1 amide bonds. The summed E-state index contributed by atoms with van der Waals surface area (Å²) in [5.41, 5.74) is 0. The van der Waals surface area contributed by atoms with Crippen LogP contribution < -0.4 is 10.6 Å². The van der Waals surface area contributed by atoms with E-state index in [9.17, 15) is 4.79 Å². The minimum absolute atomic E-state index is 0.0853. The third kappa shape index (κ3) is 4.88. The van der Waals surface area contributed by atoms with Crippen LogP contribution in [0.15, 0.2) is 17.5 Å². The van der Waals surface area contributed by atoms with Crippen LogP contribution in [0, 0.1) is 0 Å². The van der Waals surface area contributed by atoms with Gasteiger partial charge < -0.3 is 10.6 Å². The number of hydrogen-bond acceptors (Lipinski definition) is 3. The zero-order chi connectivity index (χ0) is 12.7. The zero-order valence-corrected chi connectivity index (χ0v) is 11.6. The Morgan fingerprint density at radius 1 is 1.41 bits per heavy atom. The van der Waals surface area contributed by atoms with Gasteiger partial charge in [0.1, 0.15) is 0 Å². The van der Waals surface area contributed by atoms with Gasteiger partial charge in [-0.15, -0.1) is 11.3 Å². The molecule has 0 saturated heterocycles. The quantitative estimate of drug-likeness (QED) is 0.785. The lowest BCUT2D eigenvalue weighted by Gasteiger charge is -2.16. The molecule has 0 aromatic carbocycles. The first kappa shape index (κ1) is 14.2. The second-order valence-corrected chi connectivity index (χ2v) is 5.18. The van der Waals surface area contributed by atoms with E-state index < -0.39 is 0 Å². The third-order valence-corrected chi connectivity index (χ3v) is 3.94. The van der Waals surface area contributed by atoms with Crippen LogP contribution in [0.5, 0.6) is 0 Å². The SMILES string of the molecule is CCC(CC)NC(=O)CN[C@@H](C)c1cccs1. The fourth-order valence-electron chi connectivity index (χ4n) is 1.66. The van der Waals surface area contributed by atoms with Crippen LogP contribution in [0.2, 0.25) is 0 Å². The highest BCUT2D eigenvalue weighted by molar-refractivity contribution is 7.10. The molecule has 1 atom stereocenters. The minimum atomic E-state index is 0.0853. The van der Waals surface area contributed by atoms with Crippen LogP contribution in [0.1, 0.15) is 44.5 Å². The molecule has 0 aliphatic rings. The number of amides is 1. The van der Waals surface area contributed by atoms with Crippen LogP contribution in [0.25, 0.3) is 0 Å². The van der Waals surface area contributed by atoms with Gasteiger partial charge in [0, 0.05) is 17.0 Å². The minimum Gasteiger partial charge on any atom is -0.352 e. The molecule has 96 valence electrons. The van der Waals surface area contributed by atoms with Gasteiger partial charge in [-0.25, -0.2) is 0 Å². The van der Waals surface area contributed by atoms with Crippen molar-refractivity contribution in [2.75, 3.05) is 6.54 Å². The average molecular weight is 254 g/mol. The Labute approximate surface area is 108 Å². The maximum atomic E-state index is 11.7. The Morgan fingerprint density at radius 3 is 2.65 bits per heavy atom. The van der Waals surface area contributed by atoms with Crippen LogP contribution in [-0.2, 0) is 4.79 Å². The molecule has 1 rings (SSSR count). The fourth-order valence-corrected chi connectivity index (χ4v) is 2.41. The first-order chi connectivity index (χ1) is 8.17. The van der Waals surface area contributed by atoms with Gasteiger partial charge in [0.15, 0.2) is 0 Å². The summed E-state index contributed by atoms with van der Waals surface area (Å²) < 4.78 is 0. The van der Waals surface area contributed by atoms with Crippen LogP contribution in [0.3, 0.4) is 0 Å². The van der Waals surface area contributed by atoms with Gasteiger partial charge in [-0.2, -0.15) is 0 Å². The summed E-state index contributed by atoms with van der Waals surface area (Å²) in [5, 5.41) is 8.31. The topological polar surface area (TPSA) is 41.1 Å². The second kappa shape index (κ2) is 7.45. The standard InChI is InChI=1S/C13H22N2OS/c1-4-11(5-2)15-13(16)9-14-10(3)12-7-6-8-17-12/h6-8,10-11,14H,4-5,9H2,1-3H3,(H,15,16)/t10-/m0/s1. The predicted octanol–water partition coefficient (Wildman–Crippen LogP) is 2.70. The second-order valence-electron chi connectivity index (χ2n) is 4.20. The van der Waals surface area contributed by atoms with Crippen molar-refractivity contribution in [3.8, 4) is 0 Å². The number of carbonyl (C=O) groups excluding carboxylic acids is 1. The van der Waals surface area contributed by atoms with Crippen LogP contribution >= 0.6 is 11.3 Å². The first-order valence-electron chi connectivity index (χ1n) is 6.23. The lowest BCUT2D eigenvalue weighted by Crippen LogP contribution is -2.40. The Morgan fingerprint density at radius 2 is 2.12 bits per heavy atom. The van der Waals surface area contributed by atoms with E-state index in [0.717, 1.165) is 12.8 Å². The number of thiophene rings is 1. The largest absolute Gasteiger partial charge is 0.352 e. The number of carbonyl (C=O) groups is 1. The summed E-state index contributed by atoms with van der Waals surface area (Å²) in [6.45, 7) is 6.65. The fraction of sp³-hybridized carbons (Fsp3) is 0.615. The highest BCUT2D eigenvalue weighted by Crippen LogP contribution is 2.17. The molecule has 3 nitrogen and oxygen atoms in total. The number of hydrogen-bond donors (Lipinski definition) is 2. The van der Waals surface area contributed by atoms with E-state index in [1.165, 1.54) is 4.88 Å². The number of rotatable bonds is 7. The van der Waals surface area contributed by atoms with Crippen molar-refractivity contribution in [1.82, 2.24) is 10.6 Å². The van der Waals surface area contributed by atoms with E-state index in [-0.39, 0.29) is 11.9 Å². The lowest BCUT2D eigenvalue weighted by molar-refractivity contribution is -0.121. The Kier molecular flexibility index (Phi) is 6.22. The molecule has 0 spiro atoms. The summed E-state index contributed by atoms with van der Waals surface area (Å²) >= 11 is 1.71. The van der Waals surface area contributed by atoms with E-state index >= 15 is 0 Å². The lowest BCUT2D eigenvalue weighted by atomic mass is 10.2. The summed E-state index contributed by atoms with van der Waals surface area (Å²) in [6.07, 6.45) is 1.98. The molecule has 0 unspecified atom stereocenters. The maximum Gasteiger partial charge on any atom is 0.234 e. The number of nitrogens with one attached hydrogen (secondary N) is 2. The van der Waals surface area contributed by atoms with Crippen molar-refractivity contribution in [3.63, 3.8) is 0 Å². The first-order valence-corrected chi connectivity index (χ1v) is 7.11. The molecule has 1 aromatic rings. The molecule has 2 N–H and O–H groups in total. The summed E-state index contributed by atoms with van der Waals surface area (Å²) in [5.74, 6) is 0.0853. The highest BCUT2D eigenvalue weighted by atomic mass is 32.1. The summed E-state index contributed by atoms with van der Waals surface area (Å²) in [4.78, 5) is 12.9. The molecule has 17 heavy (non-hydrogen) atoms. The average Bonchev–Trinajstić information content (AvgIpc) is 2.86. The van der Waals surface area contributed by atoms with E-state index in [2.05, 4.69) is 42.9 Å². The molecule has 0 radical (unpaired) electrons. The van der Waals surface area contributed by atoms with Crippen LogP contribution in [0.4, 0.5) is 0 Å². The Balaban J connectivity index is 2.28. The summed E-state index contributed by atoms with van der Waals surface area (Å²) in [6, 6.07) is 4.66. The van der Waals surface area contributed by atoms with Crippen molar-refractivity contribution in [1.29, 1.82) is 0 Å². The van der Waals surface area contributed by atoms with Crippen molar-refractivity contribution in [3.05, 3.63) is 22.4 Å². The molecule has 1 aromatic heterocycles. The molecular formula is C13H22N2OS. The molecule has 0 saturated carbocycles. The van der Waals surface area contributed by atoms with Gasteiger partial charge >= 0.3 is 0 Å². The van der Waals surface area contributed by atoms with Crippen LogP contribution in [-0.4, -0.2) is 18.5 Å². The molecule has 1 heterocycles. The van der Waals surface area contributed by atoms with Gasteiger partial charge in [-0.05, 0) is 31.2 Å². The monoisotopic (exact) mass is 254 g/mol. The highest BCUT2D eigenvalue weighted by Gasteiger charge is 2.10. The molecular weight excluding hydrogens is 232 g/mol. The van der Waals surface area contributed by atoms with E-state index in [1.54, 1.807) is 11.3 Å². The molecule has 4 heteroatoms. The van der Waals surface area contributed by atoms with Crippen molar-refractivity contribution in [2.45, 2.75) is 45.7 Å². The normalized spacial score (nSPS) is 12.7. The third-order valence-electron chi connectivity index (χ3n) is 2.89.